The van der Waals surface area contributed by atoms with Gasteiger partial charge in [0.1, 0.15) is 5.01 Å². The van der Waals surface area contributed by atoms with Gasteiger partial charge < -0.3 is 5.32 Å². The van der Waals surface area contributed by atoms with Crippen molar-refractivity contribution in [3.8, 4) is 0 Å². The molecule has 0 saturated heterocycles. The number of nitrogens with one attached hydrogen (secondary N) is 1. The van der Waals surface area contributed by atoms with Crippen molar-refractivity contribution in [2.24, 2.45) is 0 Å². The van der Waals surface area contributed by atoms with Gasteiger partial charge in [-0.15, -0.1) is 0 Å². The number of aromatic nitrogens is 3. The van der Waals surface area contributed by atoms with Gasteiger partial charge in [0.2, 0.25) is 4.96 Å². The largest absolute Gasteiger partial charge is 0.346 e. The molecule has 0 saturated carbocycles. The lowest BCUT2D eigenvalue weighted by molar-refractivity contribution is 0.0950. The molecule has 0 aliphatic rings. The van der Waals surface area contributed by atoms with Gasteiger partial charge in [0.05, 0.1) is 17.9 Å². The highest BCUT2D eigenvalue weighted by molar-refractivity contribution is 7.16. The van der Waals surface area contributed by atoms with E-state index < -0.39 is 0 Å². The van der Waals surface area contributed by atoms with Crippen LogP contribution in [0.3, 0.4) is 0 Å². The molecule has 1 amide bonds. The molecule has 3 aromatic rings. The Bertz CT molecular complexity index is 806. The molecule has 0 aliphatic heterocycles. The number of aryl methyl sites for hydroxylation is 2. The van der Waals surface area contributed by atoms with E-state index in [9.17, 15) is 4.79 Å². The van der Waals surface area contributed by atoms with Gasteiger partial charge in [0, 0.05) is 10.6 Å². The van der Waals surface area contributed by atoms with Crippen LogP contribution in [0.5, 0.6) is 0 Å². The van der Waals surface area contributed by atoms with Gasteiger partial charge in [-0.2, -0.15) is 5.10 Å². The summed E-state index contributed by atoms with van der Waals surface area (Å²) >= 11 is 7.35. The first-order valence-electron chi connectivity index (χ1n) is 6.40. The summed E-state index contributed by atoms with van der Waals surface area (Å²) in [6.45, 7) is 4.24. The van der Waals surface area contributed by atoms with Gasteiger partial charge in [-0.3, -0.25) is 4.79 Å². The van der Waals surface area contributed by atoms with Crippen LogP contribution in [0.1, 0.15) is 26.8 Å². The normalized spacial score (nSPS) is 11.0. The first-order chi connectivity index (χ1) is 10.0. The Morgan fingerprint density at radius 3 is 2.76 bits per heavy atom. The zero-order valence-corrected chi connectivity index (χ0v) is 13.1. The number of amides is 1. The van der Waals surface area contributed by atoms with Gasteiger partial charge >= 0.3 is 0 Å². The van der Waals surface area contributed by atoms with Crippen molar-refractivity contribution in [3.63, 3.8) is 0 Å². The molecule has 0 atom stereocenters. The molecule has 21 heavy (non-hydrogen) atoms. The lowest BCUT2D eigenvalue weighted by Crippen LogP contribution is -2.24. The van der Waals surface area contributed by atoms with Crippen molar-refractivity contribution in [3.05, 3.63) is 51.2 Å². The summed E-state index contributed by atoms with van der Waals surface area (Å²) in [7, 11) is 0. The molecule has 0 aliphatic carbocycles. The van der Waals surface area contributed by atoms with Crippen molar-refractivity contribution in [1.82, 2.24) is 19.9 Å². The summed E-state index contributed by atoms with van der Waals surface area (Å²) < 4.78 is 1.79. The summed E-state index contributed by atoms with van der Waals surface area (Å²) in [5.41, 5.74) is 2.36. The number of hydrogen-bond acceptors (Lipinski definition) is 4. The van der Waals surface area contributed by atoms with Crippen LogP contribution in [0.4, 0.5) is 0 Å². The fourth-order valence-electron chi connectivity index (χ4n) is 2.06. The van der Waals surface area contributed by atoms with E-state index in [2.05, 4.69) is 15.4 Å². The van der Waals surface area contributed by atoms with Gasteiger partial charge in [-0.25, -0.2) is 9.50 Å². The number of carbonyl (C=O) groups excluding carboxylic acids is 1. The Labute approximate surface area is 130 Å². The molecule has 1 N–H and O–H groups in total. The molecule has 0 fully saturated rings. The van der Waals surface area contributed by atoms with Crippen molar-refractivity contribution in [1.29, 1.82) is 0 Å². The minimum Gasteiger partial charge on any atom is -0.346 e. The highest BCUT2D eigenvalue weighted by Gasteiger charge is 2.14. The zero-order chi connectivity index (χ0) is 15.0. The Balaban J connectivity index is 1.78. The van der Waals surface area contributed by atoms with E-state index in [1.165, 1.54) is 11.3 Å². The minimum absolute atomic E-state index is 0.145. The maximum atomic E-state index is 12.1. The lowest BCUT2D eigenvalue weighted by Gasteiger charge is -2.05. The monoisotopic (exact) mass is 320 g/mol. The first-order valence-corrected chi connectivity index (χ1v) is 7.59. The van der Waals surface area contributed by atoms with E-state index >= 15 is 0 Å². The van der Waals surface area contributed by atoms with Crippen LogP contribution in [-0.2, 0) is 6.54 Å². The third-order valence-corrected chi connectivity index (χ3v) is 4.20. The van der Waals surface area contributed by atoms with Gasteiger partial charge in [-0.1, -0.05) is 22.9 Å². The molecule has 0 unspecified atom stereocenters. The molecule has 5 nitrogen and oxygen atoms in total. The second kappa shape index (κ2) is 5.46. The second-order valence-electron chi connectivity index (χ2n) is 4.65. The Kier molecular flexibility index (Phi) is 3.65. The van der Waals surface area contributed by atoms with Crippen molar-refractivity contribution in [2.75, 3.05) is 0 Å². The molecule has 0 radical (unpaired) electrons. The topological polar surface area (TPSA) is 59.3 Å². The first kappa shape index (κ1) is 14.0. The fourth-order valence-corrected chi connectivity index (χ4v) is 2.99. The number of fused-ring (bicyclic) bond motifs is 1. The fraction of sp³-hybridized carbons (Fsp3) is 0.214. The van der Waals surface area contributed by atoms with Crippen molar-refractivity contribution >= 4 is 33.8 Å². The van der Waals surface area contributed by atoms with Crippen LogP contribution in [-0.4, -0.2) is 20.5 Å². The SMILES string of the molecule is Cc1nn2c(CNC(=O)c3ccc(Cl)cc3)c(C)nc2s1. The number of halogens is 1. The number of rotatable bonds is 3. The maximum absolute atomic E-state index is 12.1. The van der Waals surface area contributed by atoms with E-state index in [0.29, 0.717) is 17.1 Å². The van der Waals surface area contributed by atoms with Gasteiger partial charge in [0.15, 0.2) is 0 Å². The van der Waals surface area contributed by atoms with Crippen LogP contribution in [0.2, 0.25) is 5.02 Å². The third-order valence-electron chi connectivity index (χ3n) is 3.12. The average molecular weight is 321 g/mol. The Morgan fingerprint density at radius 2 is 2.05 bits per heavy atom. The van der Waals surface area contributed by atoms with E-state index in [1.807, 2.05) is 13.8 Å². The number of hydrogen-bond donors (Lipinski definition) is 1. The minimum atomic E-state index is -0.145. The lowest BCUT2D eigenvalue weighted by atomic mass is 10.2. The number of carbonyl (C=O) groups is 1. The smallest absolute Gasteiger partial charge is 0.251 e. The van der Waals surface area contributed by atoms with Crippen LogP contribution >= 0.6 is 22.9 Å². The number of imidazole rings is 1. The zero-order valence-electron chi connectivity index (χ0n) is 11.6. The molecule has 0 bridgehead atoms. The average Bonchev–Trinajstić information content (AvgIpc) is 2.92. The molecule has 108 valence electrons. The highest BCUT2D eigenvalue weighted by atomic mass is 35.5. The molecular formula is C14H13ClN4OS. The summed E-state index contributed by atoms with van der Waals surface area (Å²) in [5.74, 6) is -0.145. The van der Waals surface area contributed by atoms with Crippen molar-refractivity contribution in [2.45, 2.75) is 20.4 Å². The van der Waals surface area contributed by atoms with E-state index in [4.69, 9.17) is 11.6 Å². The molecule has 2 aromatic heterocycles. The molecule has 2 heterocycles. The predicted octanol–water partition coefficient (Wildman–Crippen LogP) is 2.99. The highest BCUT2D eigenvalue weighted by Crippen LogP contribution is 2.18. The Hall–Kier alpha value is -1.92. The maximum Gasteiger partial charge on any atom is 0.251 e. The van der Waals surface area contributed by atoms with Crippen LogP contribution in [0, 0.1) is 13.8 Å². The van der Waals surface area contributed by atoms with Gasteiger partial charge in [0.25, 0.3) is 5.91 Å². The van der Waals surface area contributed by atoms with E-state index in [1.54, 1.807) is 28.8 Å². The summed E-state index contributed by atoms with van der Waals surface area (Å²) in [6.07, 6.45) is 0. The standard InChI is InChI=1S/C14H13ClN4OS/c1-8-12(19-14(17-8)21-9(2)18-19)7-16-13(20)10-3-5-11(15)6-4-10/h3-6H,7H2,1-2H3,(H,16,20). The molecule has 3 rings (SSSR count). The quantitative estimate of drug-likeness (QED) is 0.807. The summed E-state index contributed by atoms with van der Waals surface area (Å²) in [4.78, 5) is 17.4. The molecular weight excluding hydrogens is 308 g/mol. The number of nitrogens with zero attached hydrogens (tertiary/aromatic N) is 3. The van der Waals surface area contributed by atoms with Gasteiger partial charge in [-0.05, 0) is 38.1 Å². The molecule has 7 heteroatoms. The third kappa shape index (κ3) is 2.77. The molecule has 1 aromatic carbocycles. The Morgan fingerprint density at radius 1 is 1.33 bits per heavy atom. The van der Waals surface area contributed by atoms with E-state index in [0.717, 1.165) is 21.4 Å². The summed E-state index contributed by atoms with van der Waals surface area (Å²) in [6, 6.07) is 6.79. The number of benzene rings is 1. The summed E-state index contributed by atoms with van der Waals surface area (Å²) in [5, 5.41) is 8.84. The van der Waals surface area contributed by atoms with Crippen molar-refractivity contribution < 1.29 is 4.79 Å². The van der Waals surface area contributed by atoms with Crippen LogP contribution in [0.15, 0.2) is 24.3 Å². The van der Waals surface area contributed by atoms with E-state index in [-0.39, 0.29) is 5.91 Å². The van der Waals surface area contributed by atoms with Crippen LogP contribution < -0.4 is 5.32 Å². The van der Waals surface area contributed by atoms with Crippen LogP contribution in [0.25, 0.3) is 4.96 Å². The second-order valence-corrected chi connectivity index (χ2v) is 6.25. The predicted molar refractivity (Wildman–Crippen MR) is 83.0 cm³/mol. The molecule has 0 spiro atoms.